The van der Waals surface area contributed by atoms with Gasteiger partial charge in [-0.1, -0.05) is 19.1 Å². The third kappa shape index (κ3) is 1.31. The van der Waals surface area contributed by atoms with Crippen LogP contribution in [0.3, 0.4) is 0 Å². The van der Waals surface area contributed by atoms with Crippen molar-refractivity contribution < 1.29 is 4.79 Å². The fourth-order valence-corrected chi connectivity index (χ4v) is 6.31. The van der Waals surface area contributed by atoms with Crippen LogP contribution in [0.2, 0.25) is 0 Å². The summed E-state index contributed by atoms with van der Waals surface area (Å²) in [6.45, 7) is 4.22. The van der Waals surface area contributed by atoms with Crippen molar-refractivity contribution in [2.45, 2.75) is 39.5 Å². The van der Waals surface area contributed by atoms with Gasteiger partial charge in [-0.25, -0.2) is 0 Å². The van der Waals surface area contributed by atoms with E-state index in [1.807, 2.05) is 0 Å². The van der Waals surface area contributed by atoms with E-state index in [1.165, 1.54) is 19.3 Å². The van der Waals surface area contributed by atoms with Gasteiger partial charge in [0.25, 0.3) is 0 Å². The van der Waals surface area contributed by atoms with Crippen LogP contribution in [0, 0.1) is 47.3 Å². The third-order valence-corrected chi connectivity index (χ3v) is 6.85. The predicted molar refractivity (Wildman–Crippen MR) is 71.9 cm³/mol. The first-order valence-electron chi connectivity index (χ1n) is 7.84. The molecule has 0 N–H and O–H groups in total. The van der Waals surface area contributed by atoms with Crippen molar-refractivity contribution in [3.05, 3.63) is 12.2 Å². The molecule has 4 rings (SSSR count). The number of allylic oxidation sites excluding steroid dienone is 2. The van der Waals surface area contributed by atoms with Gasteiger partial charge < -0.3 is 4.79 Å². The second kappa shape index (κ2) is 3.71. The highest BCUT2D eigenvalue weighted by molar-refractivity contribution is 5.75. The Morgan fingerprint density at radius 1 is 1.11 bits per heavy atom. The lowest BCUT2D eigenvalue weighted by Crippen LogP contribution is -2.36. The zero-order valence-corrected chi connectivity index (χ0v) is 11.5. The monoisotopic (exact) mass is 244 g/mol. The molecule has 0 aliphatic heterocycles. The first-order chi connectivity index (χ1) is 8.66. The summed E-state index contributed by atoms with van der Waals surface area (Å²) >= 11 is 0. The van der Waals surface area contributed by atoms with E-state index in [2.05, 4.69) is 19.1 Å². The number of fused-ring (bicyclic) bond motifs is 9. The Morgan fingerprint density at radius 2 is 1.78 bits per heavy atom. The van der Waals surface area contributed by atoms with Gasteiger partial charge in [0.05, 0.1) is 0 Å². The molecule has 0 spiro atoms. The van der Waals surface area contributed by atoms with Crippen LogP contribution in [-0.4, -0.2) is 5.78 Å². The summed E-state index contributed by atoms with van der Waals surface area (Å²) in [7, 11) is 0. The largest absolute Gasteiger partial charge is 0.300 e. The Balaban J connectivity index is 1.56. The fraction of sp³-hybridized carbons (Fsp3) is 0.824. The third-order valence-electron chi connectivity index (χ3n) is 6.85. The second-order valence-electron chi connectivity index (χ2n) is 7.43. The molecule has 0 aromatic heterocycles. The lowest BCUT2D eigenvalue weighted by molar-refractivity contribution is -0.117. The molecule has 1 nitrogen and oxygen atoms in total. The number of rotatable bonds is 3. The van der Waals surface area contributed by atoms with Crippen LogP contribution in [0.1, 0.15) is 39.5 Å². The molecular formula is C17H24O. The highest BCUT2D eigenvalue weighted by Crippen LogP contribution is 2.69. The lowest BCUT2D eigenvalue weighted by atomic mass is 9.64. The standard InChI is InChI=1S/C17H24O/c1-9(18)3-6-13-10(2)14-8-15(13)17-12-5-4-11(7-12)16(14)17/h4-5,10-17H,3,6-8H2,1-2H3. The molecule has 0 aromatic rings. The van der Waals surface area contributed by atoms with Gasteiger partial charge in [0.1, 0.15) is 5.78 Å². The van der Waals surface area contributed by atoms with Gasteiger partial charge in [0, 0.05) is 6.42 Å². The Hall–Kier alpha value is -0.590. The minimum absolute atomic E-state index is 0.384. The van der Waals surface area contributed by atoms with Gasteiger partial charge in [-0.3, -0.25) is 0 Å². The number of ketones is 1. The molecule has 3 saturated carbocycles. The van der Waals surface area contributed by atoms with Gasteiger partial charge in [0.15, 0.2) is 0 Å². The van der Waals surface area contributed by atoms with Crippen molar-refractivity contribution in [3.8, 4) is 0 Å². The molecule has 0 radical (unpaired) electrons. The highest BCUT2D eigenvalue weighted by Gasteiger charge is 2.62. The smallest absolute Gasteiger partial charge is 0.129 e. The summed E-state index contributed by atoms with van der Waals surface area (Å²) < 4.78 is 0. The van der Waals surface area contributed by atoms with E-state index in [9.17, 15) is 4.79 Å². The van der Waals surface area contributed by atoms with E-state index in [0.29, 0.717) is 5.78 Å². The number of hydrogen-bond donors (Lipinski definition) is 0. The molecule has 1 heteroatoms. The van der Waals surface area contributed by atoms with Gasteiger partial charge in [-0.05, 0) is 73.5 Å². The molecule has 0 aromatic carbocycles. The molecule has 8 unspecified atom stereocenters. The van der Waals surface area contributed by atoms with Crippen molar-refractivity contribution in [2.24, 2.45) is 47.3 Å². The van der Waals surface area contributed by atoms with Crippen LogP contribution < -0.4 is 0 Å². The normalized spacial score (nSPS) is 55.2. The Labute approximate surface area is 110 Å². The van der Waals surface area contributed by atoms with Gasteiger partial charge in [-0.15, -0.1) is 0 Å². The summed E-state index contributed by atoms with van der Waals surface area (Å²) in [5.74, 6) is 7.90. The molecule has 18 heavy (non-hydrogen) atoms. The van der Waals surface area contributed by atoms with E-state index in [1.54, 1.807) is 6.92 Å². The Morgan fingerprint density at radius 3 is 2.44 bits per heavy atom. The summed E-state index contributed by atoms with van der Waals surface area (Å²) in [5, 5.41) is 0. The first kappa shape index (κ1) is 11.3. The maximum atomic E-state index is 11.3. The van der Waals surface area contributed by atoms with Gasteiger partial charge in [-0.2, -0.15) is 0 Å². The molecule has 4 aliphatic carbocycles. The second-order valence-corrected chi connectivity index (χ2v) is 7.43. The molecule has 3 fully saturated rings. The van der Waals surface area contributed by atoms with Crippen molar-refractivity contribution in [3.63, 3.8) is 0 Å². The zero-order chi connectivity index (χ0) is 12.4. The maximum Gasteiger partial charge on any atom is 0.129 e. The Kier molecular flexibility index (Phi) is 2.32. The first-order valence-corrected chi connectivity index (χ1v) is 7.84. The van der Waals surface area contributed by atoms with E-state index in [-0.39, 0.29) is 0 Å². The summed E-state index contributed by atoms with van der Waals surface area (Å²) in [6.07, 6.45) is 9.95. The van der Waals surface area contributed by atoms with E-state index < -0.39 is 0 Å². The molecule has 8 atom stereocenters. The molecule has 4 bridgehead atoms. The number of carbonyl (C=O) groups excluding carboxylic acids is 1. The predicted octanol–water partition coefficient (Wildman–Crippen LogP) is 3.70. The quantitative estimate of drug-likeness (QED) is 0.546. The fourth-order valence-electron chi connectivity index (χ4n) is 6.31. The molecule has 0 saturated heterocycles. The average Bonchev–Trinajstić information content (AvgIpc) is 3.04. The highest BCUT2D eigenvalue weighted by atomic mass is 16.1. The summed E-state index contributed by atoms with van der Waals surface area (Å²) in [6, 6.07) is 0. The minimum atomic E-state index is 0.384. The van der Waals surface area contributed by atoms with Crippen LogP contribution in [0.25, 0.3) is 0 Å². The van der Waals surface area contributed by atoms with Crippen LogP contribution in [0.15, 0.2) is 12.2 Å². The number of Topliss-reactive ketones (excluding diaryl/α,β-unsaturated/α-hetero) is 1. The van der Waals surface area contributed by atoms with Gasteiger partial charge in [0.2, 0.25) is 0 Å². The zero-order valence-electron chi connectivity index (χ0n) is 11.5. The number of carbonyl (C=O) groups is 1. The van der Waals surface area contributed by atoms with Crippen LogP contribution in [-0.2, 0) is 4.79 Å². The van der Waals surface area contributed by atoms with Crippen LogP contribution in [0.4, 0.5) is 0 Å². The van der Waals surface area contributed by atoms with Crippen molar-refractivity contribution in [1.82, 2.24) is 0 Å². The van der Waals surface area contributed by atoms with Crippen molar-refractivity contribution in [2.75, 3.05) is 0 Å². The molecule has 98 valence electrons. The van der Waals surface area contributed by atoms with Crippen LogP contribution in [0.5, 0.6) is 0 Å². The Bertz CT molecular complexity index is 410. The topological polar surface area (TPSA) is 17.1 Å². The molecule has 4 aliphatic rings. The van der Waals surface area contributed by atoms with Crippen molar-refractivity contribution >= 4 is 5.78 Å². The SMILES string of the molecule is CC(=O)CCC1C(C)C2CC1C1C3C=CC(C3)C21. The number of hydrogen-bond acceptors (Lipinski definition) is 1. The maximum absolute atomic E-state index is 11.3. The summed E-state index contributed by atoms with van der Waals surface area (Å²) in [4.78, 5) is 11.3. The molecule has 0 heterocycles. The molecule has 0 amide bonds. The minimum Gasteiger partial charge on any atom is -0.300 e. The van der Waals surface area contributed by atoms with E-state index >= 15 is 0 Å². The van der Waals surface area contributed by atoms with E-state index in [4.69, 9.17) is 0 Å². The lowest BCUT2D eigenvalue weighted by Gasteiger charge is -2.40. The average molecular weight is 244 g/mol. The van der Waals surface area contributed by atoms with E-state index in [0.717, 1.165) is 53.8 Å². The van der Waals surface area contributed by atoms with Crippen molar-refractivity contribution in [1.29, 1.82) is 0 Å². The van der Waals surface area contributed by atoms with Gasteiger partial charge >= 0.3 is 0 Å². The van der Waals surface area contributed by atoms with Crippen LogP contribution >= 0.6 is 0 Å². The summed E-state index contributed by atoms with van der Waals surface area (Å²) in [5.41, 5.74) is 0. The molecular weight excluding hydrogens is 220 g/mol.